The molecule has 0 saturated carbocycles. The van der Waals surface area contributed by atoms with Crippen LogP contribution < -0.4 is 0 Å². The van der Waals surface area contributed by atoms with Crippen molar-refractivity contribution >= 4 is 87.2 Å². The molecule has 0 aliphatic rings. The molecule has 64 heavy (non-hydrogen) atoms. The highest BCUT2D eigenvalue weighted by Gasteiger charge is 2.20. The summed E-state index contributed by atoms with van der Waals surface area (Å²) in [5.41, 5.74) is 15.7. The summed E-state index contributed by atoms with van der Waals surface area (Å²) in [4.78, 5) is 18.3. The summed E-state index contributed by atoms with van der Waals surface area (Å²) >= 11 is 0. The molecule has 0 saturated heterocycles. The van der Waals surface area contributed by atoms with Gasteiger partial charge in [-0.1, -0.05) is 48.5 Å². The van der Waals surface area contributed by atoms with Gasteiger partial charge in [0.25, 0.3) is 0 Å². The van der Waals surface area contributed by atoms with E-state index in [-0.39, 0.29) is 0 Å². The van der Waals surface area contributed by atoms with E-state index in [1.807, 2.05) is 49.6 Å². The molecular formula is C56H34N8. The van der Waals surface area contributed by atoms with Crippen LogP contribution in [0.15, 0.2) is 207 Å². The third-order valence-corrected chi connectivity index (χ3v) is 13.1. The maximum Gasteiger partial charge on any atom is 0.0571 e. The van der Waals surface area contributed by atoms with Gasteiger partial charge in [0.1, 0.15) is 0 Å². The quantitative estimate of drug-likeness (QED) is 0.173. The van der Waals surface area contributed by atoms with Crippen molar-refractivity contribution in [1.29, 1.82) is 0 Å². The van der Waals surface area contributed by atoms with Gasteiger partial charge in [0.2, 0.25) is 0 Å². The van der Waals surface area contributed by atoms with Gasteiger partial charge in [-0.2, -0.15) is 0 Å². The summed E-state index contributed by atoms with van der Waals surface area (Å²) < 4.78 is 9.38. The van der Waals surface area contributed by atoms with E-state index in [2.05, 4.69) is 196 Å². The van der Waals surface area contributed by atoms with Crippen LogP contribution in [0.25, 0.3) is 121 Å². The molecule has 8 heterocycles. The molecule has 14 rings (SSSR count). The minimum absolute atomic E-state index is 1.09. The molecule has 0 aliphatic carbocycles. The zero-order chi connectivity index (χ0) is 41.9. The topological polar surface area (TPSA) is 71.3 Å². The van der Waals surface area contributed by atoms with E-state index < -0.39 is 0 Å². The Morgan fingerprint density at radius 2 is 0.531 bits per heavy atom. The van der Waals surface area contributed by atoms with Gasteiger partial charge in [-0.05, 0) is 120 Å². The number of hydrogen-bond donors (Lipinski definition) is 0. The number of hydrogen-bond acceptors (Lipinski definition) is 4. The Hall–Kier alpha value is -8.88. The van der Waals surface area contributed by atoms with Gasteiger partial charge < -0.3 is 18.3 Å². The van der Waals surface area contributed by atoms with Crippen molar-refractivity contribution in [3.63, 3.8) is 0 Å². The number of fused-ring (bicyclic) bond motifs is 12. The monoisotopic (exact) mass is 818 g/mol. The van der Waals surface area contributed by atoms with Gasteiger partial charge in [-0.25, -0.2) is 0 Å². The van der Waals surface area contributed by atoms with E-state index in [1.54, 1.807) is 0 Å². The Kier molecular flexibility index (Phi) is 7.23. The first-order valence-corrected chi connectivity index (χ1v) is 21.4. The molecule has 0 radical (unpaired) electrons. The first-order valence-electron chi connectivity index (χ1n) is 21.4. The maximum atomic E-state index is 4.62. The van der Waals surface area contributed by atoms with Gasteiger partial charge in [-0.15, -0.1) is 0 Å². The molecule has 0 aliphatic heterocycles. The second-order valence-electron chi connectivity index (χ2n) is 16.5. The van der Waals surface area contributed by atoms with Crippen molar-refractivity contribution < 1.29 is 0 Å². The summed E-state index contributed by atoms with van der Waals surface area (Å²) in [5.74, 6) is 0. The van der Waals surface area contributed by atoms with Crippen LogP contribution in [0.1, 0.15) is 0 Å². The predicted octanol–water partition coefficient (Wildman–Crippen LogP) is 13.3. The summed E-state index contributed by atoms with van der Waals surface area (Å²) in [7, 11) is 0. The second kappa shape index (κ2) is 13.3. The van der Waals surface area contributed by atoms with Crippen LogP contribution in [0.5, 0.6) is 0 Å². The molecule has 298 valence electrons. The average molecular weight is 819 g/mol. The minimum atomic E-state index is 1.09. The fourth-order valence-electron chi connectivity index (χ4n) is 10.3. The van der Waals surface area contributed by atoms with Crippen molar-refractivity contribution in [2.75, 3.05) is 0 Å². The fraction of sp³-hybridized carbons (Fsp3) is 0. The Bertz CT molecular complexity index is 3920. The summed E-state index contributed by atoms with van der Waals surface area (Å²) in [6.07, 6.45) is 15.5. The van der Waals surface area contributed by atoms with Gasteiger partial charge >= 0.3 is 0 Å². The smallest absolute Gasteiger partial charge is 0.0571 e. The number of benzene rings is 6. The number of pyridine rings is 4. The van der Waals surface area contributed by atoms with Crippen LogP contribution >= 0.6 is 0 Å². The average Bonchev–Trinajstić information content (AvgIpc) is 4.09. The zero-order valence-corrected chi connectivity index (χ0v) is 34.2. The van der Waals surface area contributed by atoms with Crippen LogP contribution in [0, 0.1) is 0 Å². The maximum absolute atomic E-state index is 4.62. The SMILES string of the molecule is c1ccc(-n2c3ccncc3c3cc(-n4c5ccncc5c5cc(-c6ccc7c(c6)c6cnccc6n7-c6ccc7c(c6)c6cnccc6n7-c6ccccc6)ccc54)ccc32)cc1. The molecule has 8 nitrogen and oxygen atoms in total. The molecule has 0 N–H and O–H groups in total. The van der Waals surface area contributed by atoms with Crippen LogP contribution in [0.2, 0.25) is 0 Å². The van der Waals surface area contributed by atoms with Gasteiger partial charge in [0.05, 0.1) is 44.1 Å². The van der Waals surface area contributed by atoms with E-state index in [0.29, 0.717) is 0 Å². The highest BCUT2D eigenvalue weighted by Crippen LogP contribution is 2.41. The summed E-state index contributed by atoms with van der Waals surface area (Å²) in [6, 6.07) is 56.7. The first kappa shape index (κ1) is 34.8. The van der Waals surface area contributed by atoms with Crippen molar-refractivity contribution in [2.24, 2.45) is 0 Å². The van der Waals surface area contributed by atoms with Gasteiger partial charge in [0.15, 0.2) is 0 Å². The number of para-hydroxylation sites is 2. The lowest BCUT2D eigenvalue weighted by atomic mass is 10.0. The largest absolute Gasteiger partial charge is 0.309 e. The lowest BCUT2D eigenvalue weighted by Gasteiger charge is -2.11. The highest BCUT2D eigenvalue weighted by molar-refractivity contribution is 6.15. The van der Waals surface area contributed by atoms with E-state index >= 15 is 0 Å². The van der Waals surface area contributed by atoms with Crippen molar-refractivity contribution in [3.05, 3.63) is 207 Å². The number of nitrogens with zero attached hydrogens (tertiary/aromatic N) is 8. The fourth-order valence-corrected chi connectivity index (χ4v) is 10.3. The third-order valence-electron chi connectivity index (χ3n) is 13.1. The molecule has 0 atom stereocenters. The number of aromatic nitrogens is 8. The molecule has 0 amide bonds. The molecule has 8 heteroatoms. The molecular weight excluding hydrogens is 785 g/mol. The zero-order valence-electron chi connectivity index (χ0n) is 34.2. The van der Waals surface area contributed by atoms with E-state index in [1.165, 1.54) is 0 Å². The molecule has 14 aromatic rings. The van der Waals surface area contributed by atoms with Crippen LogP contribution in [0.3, 0.4) is 0 Å². The Labute approximate surface area is 365 Å². The Balaban J connectivity index is 0.917. The standard InChI is InChI=1S/C56H34N8/c1-3-7-37(8-4-1)61-51-17-13-39(29-43(51)47-33-59-23-19-53(47)61)63-49-15-11-35(27-41(49)45-31-57-25-21-55(45)63)36-12-16-50-42(28-36)46-32-58-26-22-56(46)64(50)40-14-18-52-44(30-40)48-34-60-24-20-54(48)62(52)38-9-5-2-6-10-38/h1-34H. The highest BCUT2D eigenvalue weighted by atomic mass is 15.0. The number of rotatable bonds is 5. The summed E-state index contributed by atoms with van der Waals surface area (Å²) in [6.45, 7) is 0. The molecule has 6 aromatic carbocycles. The predicted molar refractivity (Wildman–Crippen MR) is 260 cm³/mol. The first-order chi connectivity index (χ1) is 31.8. The van der Waals surface area contributed by atoms with Crippen molar-refractivity contribution in [1.82, 2.24) is 38.2 Å². The lowest BCUT2D eigenvalue weighted by Crippen LogP contribution is -1.96. The van der Waals surface area contributed by atoms with Gasteiger partial charge in [-0.3, -0.25) is 19.9 Å². The Morgan fingerprint density at radius 1 is 0.234 bits per heavy atom. The van der Waals surface area contributed by atoms with Crippen molar-refractivity contribution in [3.8, 4) is 33.9 Å². The molecule has 8 aromatic heterocycles. The van der Waals surface area contributed by atoms with Crippen LogP contribution in [-0.2, 0) is 0 Å². The van der Waals surface area contributed by atoms with E-state index in [9.17, 15) is 0 Å². The normalized spacial score (nSPS) is 12.1. The molecule has 0 unspecified atom stereocenters. The van der Waals surface area contributed by atoms with Crippen LogP contribution in [-0.4, -0.2) is 38.2 Å². The van der Waals surface area contributed by atoms with Crippen LogP contribution in [0.4, 0.5) is 0 Å². The summed E-state index contributed by atoms with van der Waals surface area (Å²) in [5, 5.41) is 9.06. The van der Waals surface area contributed by atoms with Crippen molar-refractivity contribution in [2.45, 2.75) is 0 Å². The van der Waals surface area contributed by atoms with E-state index in [4.69, 9.17) is 0 Å². The molecule has 0 bridgehead atoms. The van der Waals surface area contributed by atoms with Gasteiger partial charge in [0, 0.05) is 115 Å². The Morgan fingerprint density at radius 3 is 0.891 bits per heavy atom. The molecule has 0 spiro atoms. The molecule has 0 fully saturated rings. The third kappa shape index (κ3) is 4.93. The minimum Gasteiger partial charge on any atom is -0.309 e. The lowest BCUT2D eigenvalue weighted by molar-refractivity contribution is 1.16. The second-order valence-corrected chi connectivity index (χ2v) is 16.5. The van der Waals surface area contributed by atoms with E-state index in [0.717, 1.165) is 121 Å².